The maximum Gasteiger partial charge on any atom is 0.266 e. The van der Waals surface area contributed by atoms with Crippen LogP contribution in [-0.2, 0) is 14.8 Å². The summed E-state index contributed by atoms with van der Waals surface area (Å²) in [6.45, 7) is 3.66. The standard InChI is InChI=1S/C20H21N3O4S2/c1-13-4-10-17(11-5-13)27-14(2)19(24)22-20-21-18(12-28-20)15-6-8-16(9-7-15)23-29(3,25)26/h4-12,14,23H,1-3H3,(H,21,22,24). The molecule has 2 aromatic carbocycles. The van der Waals surface area contributed by atoms with E-state index in [4.69, 9.17) is 4.74 Å². The van der Waals surface area contributed by atoms with Gasteiger partial charge in [0.25, 0.3) is 5.91 Å². The zero-order valence-electron chi connectivity index (χ0n) is 16.2. The first-order valence-electron chi connectivity index (χ1n) is 8.77. The van der Waals surface area contributed by atoms with E-state index in [1.165, 1.54) is 11.3 Å². The van der Waals surface area contributed by atoms with Crippen molar-refractivity contribution in [2.75, 3.05) is 16.3 Å². The van der Waals surface area contributed by atoms with Gasteiger partial charge in [0, 0.05) is 16.6 Å². The van der Waals surface area contributed by atoms with Crippen molar-refractivity contribution in [3.8, 4) is 17.0 Å². The Morgan fingerprint density at radius 2 is 1.76 bits per heavy atom. The van der Waals surface area contributed by atoms with Crippen LogP contribution < -0.4 is 14.8 Å². The van der Waals surface area contributed by atoms with Gasteiger partial charge in [0.15, 0.2) is 11.2 Å². The Hall–Kier alpha value is -2.91. The molecule has 0 bridgehead atoms. The second kappa shape index (κ2) is 8.62. The summed E-state index contributed by atoms with van der Waals surface area (Å²) >= 11 is 1.30. The van der Waals surface area contributed by atoms with Gasteiger partial charge < -0.3 is 4.74 Å². The number of nitrogens with one attached hydrogen (secondary N) is 2. The van der Waals surface area contributed by atoms with Crippen molar-refractivity contribution in [3.05, 3.63) is 59.5 Å². The number of aromatic nitrogens is 1. The van der Waals surface area contributed by atoms with Crippen molar-refractivity contribution < 1.29 is 17.9 Å². The number of aryl methyl sites for hydroxylation is 1. The fraction of sp³-hybridized carbons (Fsp3) is 0.200. The number of sulfonamides is 1. The van der Waals surface area contributed by atoms with Gasteiger partial charge in [-0.15, -0.1) is 11.3 Å². The molecule has 3 aromatic rings. The lowest BCUT2D eigenvalue weighted by Crippen LogP contribution is -2.30. The number of hydrogen-bond acceptors (Lipinski definition) is 6. The Morgan fingerprint density at radius 3 is 2.38 bits per heavy atom. The molecule has 1 aromatic heterocycles. The number of carbonyl (C=O) groups is 1. The summed E-state index contributed by atoms with van der Waals surface area (Å²) in [5, 5.41) is 5.04. The number of hydrogen-bond donors (Lipinski definition) is 2. The van der Waals surface area contributed by atoms with E-state index in [1.54, 1.807) is 31.2 Å². The van der Waals surface area contributed by atoms with E-state index in [9.17, 15) is 13.2 Å². The average Bonchev–Trinajstić information content (AvgIpc) is 3.11. The van der Waals surface area contributed by atoms with Gasteiger partial charge in [0.2, 0.25) is 10.0 Å². The maximum absolute atomic E-state index is 12.4. The molecule has 9 heteroatoms. The largest absolute Gasteiger partial charge is 0.481 e. The van der Waals surface area contributed by atoms with Crippen LogP contribution in [0.25, 0.3) is 11.3 Å². The summed E-state index contributed by atoms with van der Waals surface area (Å²) in [4.78, 5) is 16.8. The highest BCUT2D eigenvalue weighted by atomic mass is 32.2. The summed E-state index contributed by atoms with van der Waals surface area (Å²) in [5.41, 5.74) is 3.08. The predicted octanol–water partition coefficient (Wildman–Crippen LogP) is 3.90. The molecular formula is C20H21N3O4S2. The van der Waals surface area contributed by atoms with Crippen LogP contribution in [0.15, 0.2) is 53.9 Å². The third-order valence-electron chi connectivity index (χ3n) is 3.92. The number of anilines is 2. The second-order valence-corrected chi connectivity index (χ2v) is 9.16. The zero-order chi connectivity index (χ0) is 21.0. The minimum atomic E-state index is -3.32. The highest BCUT2D eigenvalue weighted by molar-refractivity contribution is 7.92. The molecule has 0 radical (unpaired) electrons. The Balaban J connectivity index is 1.62. The Morgan fingerprint density at radius 1 is 1.10 bits per heavy atom. The average molecular weight is 432 g/mol. The third kappa shape index (κ3) is 6.03. The lowest BCUT2D eigenvalue weighted by molar-refractivity contribution is -0.122. The summed E-state index contributed by atoms with van der Waals surface area (Å²) in [6.07, 6.45) is 0.422. The number of ether oxygens (including phenoxy) is 1. The van der Waals surface area contributed by atoms with Crippen LogP contribution in [-0.4, -0.2) is 31.7 Å². The van der Waals surface area contributed by atoms with Gasteiger partial charge in [-0.2, -0.15) is 0 Å². The maximum atomic E-state index is 12.4. The van der Waals surface area contributed by atoms with Gasteiger partial charge in [-0.1, -0.05) is 29.8 Å². The lowest BCUT2D eigenvalue weighted by atomic mass is 10.1. The fourth-order valence-corrected chi connectivity index (χ4v) is 3.76. The molecule has 0 saturated heterocycles. The first kappa shape index (κ1) is 20.8. The molecule has 2 N–H and O–H groups in total. The van der Waals surface area contributed by atoms with Crippen molar-refractivity contribution in [2.45, 2.75) is 20.0 Å². The lowest BCUT2D eigenvalue weighted by Gasteiger charge is -2.13. The van der Waals surface area contributed by atoms with Crippen LogP contribution in [0.3, 0.4) is 0 Å². The summed E-state index contributed by atoms with van der Waals surface area (Å²) in [5.74, 6) is 0.333. The molecule has 0 saturated carbocycles. The first-order chi connectivity index (χ1) is 13.7. The van der Waals surface area contributed by atoms with Crippen LogP contribution in [0.1, 0.15) is 12.5 Å². The van der Waals surface area contributed by atoms with Crippen molar-refractivity contribution >= 4 is 38.1 Å². The molecule has 1 unspecified atom stereocenters. The number of benzene rings is 2. The van der Waals surface area contributed by atoms with E-state index in [0.29, 0.717) is 22.3 Å². The number of rotatable bonds is 7. The molecule has 0 fully saturated rings. The minimum absolute atomic E-state index is 0.292. The van der Waals surface area contributed by atoms with Gasteiger partial charge in [-0.25, -0.2) is 13.4 Å². The van der Waals surface area contributed by atoms with Crippen LogP contribution in [0.5, 0.6) is 5.75 Å². The van der Waals surface area contributed by atoms with Crippen LogP contribution in [0.2, 0.25) is 0 Å². The Labute approximate surface area is 173 Å². The zero-order valence-corrected chi connectivity index (χ0v) is 17.8. The molecule has 0 aliphatic rings. The summed E-state index contributed by atoms with van der Waals surface area (Å²) < 4.78 is 30.6. The topological polar surface area (TPSA) is 97.4 Å². The molecule has 1 heterocycles. The van der Waals surface area contributed by atoms with Crippen molar-refractivity contribution in [1.82, 2.24) is 4.98 Å². The van der Waals surface area contributed by atoms with E-state index in [2.05, 4.69) is 15.0 Å². The molecule has 29 heavy (non-hydrogen) atoms. The molecule has 0 aliphatic heterocycles. The first-order valence-corrected chi connectivity index (χ1v) is 11.5. The number of nitrogens with zero attached hydrogens (tertiary/aromatic N) is 1. The number of carbonyl (C=O) groups excluding carboxylic acids is 1. The predicted molar refractivity (Wildman–Crippen MR) is 116 cm³/mol. The highest BCUT2D eigenvalue weighted by Gasteiger charge is 2.17. The van der Waals surface area contributed by atoms with E-state index >= 15 is 0 Å². The molecule has 1 amide bonds. The minimum Gasteiger partial charge on any atom is -0.481 e. The van der Waals surface area contributed by atoms with Gasteiger partial charge in [0.05, 0.1) is 11.9 Å². The quantitative estimate of drug-likeness (QED) is 0.591. The second-order valence-electron chi connectivity index (χ2n) is 6.55. The molecule has 0 aliphatic carbocycles. The Kier molecular flexibility index (Phi) is 6.19. The SMILES string of the molecule is Cc1ccc(OC(C)C(=O)Nc2nc(-c3ccc(NS(C)(=O)=O)cc3)cs2)cc1. The van der Waals surface area contributed by atoms with Gasteiger partial charge in [-0.05, 0) is 38.1 Å². The normalized spacial score (nSPS) is 12.2. The van der Waals surface area contributed by atoms with Crippen LogP contribution in [0.4, 0.5) is 10.8 Å². The molecule has 3 rings (SSSR count). The van der Waals surface area contributed by atoms with Gasteiger partial charge >= 0.3 is 0 Å². The third-order valence-corrected chi connectivity index (χ3v) is 5.29. The van der Waals surface area contributed by atoms with E-state index in [-0.39, 0.29) is 5.91 Å². The molecular weight excluding hydrogens is 410 g/mol. The van der Waals surface area contributed by atoms with Gasteiger partial charge in [-0.3, -0.25) is 14.8 Å². The number of thiazole rings is 1. The van der Waals surface area contributed by atoms with Gasteiger partial charge in [0.1, 0.15) is 5.75 Å². The van der Waals surface area contributed by atoms with Crippen molar-refractivity contribution in [2.24, 2.45) is 0 Å². The number of amides is 1. The van der Waals surface area contributed by atoms with Crippen LogP contribution >= 0.6 is 11.3 Å². The molecule has 7 nitrogen and oxygen atoms in total. The van der Waals surface area contributed by atoms with Crippen molar-refractivity contribution in [3.63, 3.8) is 0 Å². The smallest absolute Gasteiger partial charge is 0.266 e. The molecule has 152 valence electrons. The van der Waals surface area contributed by atoms with Crippen LogP contribution in [0, 0.1) is 6.92 Å². The summed E-state index contributed by atoms with van der Waals surface area (Å²) in [7, 11) is -3.32. The van der Waals surface area contributed by atoms with E-state index in [1.807, 2.05) is 36.6 Å². The fourth-order valence-electron chi connectivity index (χ4n) is 2.47. The monoisotopic (exact) mass is 431 g/mol. The summed E-state index contributed by atoms with van der Waals surface area (Å²) in [6, 6.07) is 14.3. The Bertz CT molecular complexity index is 1090. The molecule has 1 atom stereocenters. The van der Waals surface area contributed by atoms with E-state index in [0.717, 1.165) is 17.4 Å². The van der Waals surface area contributed by atoms with E-state index < -0.39 is 16.1 Å². The highest BCUT2D eigenvalue weighted by Crippen LogP contribution is 2.26. The molecule has 0 spiro atoms. The van der Waals surface area contributed by atoms with Crippen molar-refractivity contribution in [1.29, 1.82) is 0 Å².